The number of aromatic carboxylic acids is 1. The van der Waals surface area contributed by atoms with Crippen LogP contribution in [0.1, 0.15) is 10.4 Å². The summed E-state index contributed by atoms with van der Waals surface area (Å²) in [7, 11) is 0. The van der Waals surface area contributed by atoms with Crippen molar-refractivity contribution < 1.29 is 74.1 Å². The molecule has 0 atom stereocenters. The second-order valence-electron chi connectivity index (χ2n) is 2.25. The standard InChI is InChI=1S/C7H6O3.Cr.Na.H2O.3O/c8-6-4-2-1-3-5(6)7(9)10;;;;;;/h1-4,8H,(H,9,10);;;1H2;;;/q;2*+1;;;;-1/p-1. The Hall–Kier alpha value is -0.458. The number of benzene rings is 1. The average Bonchev–Trinajstić information content (AvgIpc) is 2.01. The van der Waals surface area contributed by atoms with E-state index in [-0.39, 0.29) is 40.9 Å². The number of aromatic hydroxyl groups is 1. The summed E-state index contributed by atoms with van der Waals surface area (Å²) in [4.78, 5) is 10.3. The zero-order chi connectivity index (χ0) is 12.1. The normalized spacial score (nSPS) is 9.38. The Bertz CT molecular complexity index is 434. The number of carboxylic acids is 1. The molecule has 1 aromatic carbocycles. The summed E-state index contributed by atoms with van der Waals surface area (Å²) in [6.07, 6.45) is 0. The Morgan fingerprint density at radius 2 is 1.62 bits per heavy atom. The molecule has 0 bridgehead atoms. The van der Waals surface area contributed by atoms with E-state index < -0.39 is 19.6 Å². The zero-order valence-corrected chi connectivity index (χ0v) is 11.5. The van der Waals surface area contributed by atoms with E-state index in [9.17, 15) is 4.79 Å². The molecule has 84 valence electrons. The second-order valence-corrected chi connectivity index (χ2v) is 3.59. The minimum atomic E-state index is -5.50. The first-order valence-electron chi connectivity index (χ1n) is 3.41. The molecule has 0 aliphatic carbocycles. The third-order valence-corrected chi connectivity index (χ3v) is 1.13. The number of rotatable bonds is 1. The van der Waals surface area contributed by atoms with Gasteiger partial charge >= 0.3 is 65.1 Å². The topological polar surface area (TPSA) is 135 Å². The molecule has 0 unspecified atom stereocenters. The number of hydrogen-bond acceptors (Lipinski definition) is 5. The molecule has 0 amide bonds. The molecule has 0 aliphatic rings. The van der Waals surface area contributed by atoms with Gasteiger partial charge in [-0.15, -0.1) is 0 Å². The molecule has 1 aromatic rings. The first-order chi connectivity index (χ1) is 6.72. The fraction of sp³-hybridized carbons (Fsp3) is 0. The molecule has 0 aromatic heterocycles. The van der Waals surface area contributed by atoms with Crippen molar-refractivity contribution in [2.24, 2.45) is 0 Å². The number of hydrogen-bond donors (Lipinski definition) is 3. The van der Waals surface area contributed by atoms with Crippen LogP contribution in [-0.2, 0) is 21.2 Å². The molecule has 7 nitrogen and oxygen atoms in total. The maximum atomic E-state index is 10.3. The Morgan fingerprint density at radius 1 is 1.25 bits per heavy atom. The van der Waals surface area contributed by atoms with Crippen molar-refractivity contribution in [1.29, 1.82) is 0 Å². The molecule has 3 N–H and O–H groups in total. The third-order valence-electron chi connectivity index (χ3n) is 1.13. The van der Waals surface area contributed by atoms with Gasteiger partial charge in [-0.25, -0.2) is 4.79 Å². The molecular weight excluding hydrogens is 271 g/mol. The van der Waals surface area contributed by atoms with Crippen LogP contribution in [0.4, 0.5) is 0 Å². The number of para-hydroxylation sites is 1. The Labute approximate surface area is 115 Å². The van der Waals surface area contributed by atoms with Gasteiger partial charge in [0.15, 0.2) is 0 Å². The van der Waals surface area contributed by atoms with E-state index >= 15 is 0 Å². The Morgan fingerprint density at radius 3 is 1.88 bits per heavy atom. The van der Waals surface area contributed by atoms with Crippen molar-refractivity contribution in [3.05, 3.63) is 29.8 Å². The van der Waals surface area contributed by atoms with Gasteiger partial charge in [0.2, 0.25) is 0 Å². The van der Waals surface area contributed by atoms with Crippen LogP contribution in [0, 0.1) is 0 Å². The summed E-state index contributed by atoms with van der Waals surface area (Å²) in [6, 6.07) is 5.81. The first-order valence-corrected chi connectivity index (χ1v) is 5.54. The molecular formula is C7H7CrNaO7. The molecule has 0 saturated carbocycles. The molecule has 0 saturated heterocycles. The van der Waals surface area contributed by atoms with Crippen molar-refractivity contribution in [2.75, 3.05) is 0 Å². The minimum absolute atomic E-state index is 0. The molecule has 16 heavy (non-hydrogen) atoms. The number of phenols is 1. The van der Waals surface area contributed by atoms with E-state index in [1.165, 1.54) is 12.1 Å². The van der Waals surface area contributed by atoms with Crippen LogP contribution in [0.5, 0.6) is 5.75 Å². The van der Waals surface area contributed by atoms with E-state index in [1.807, 2.05) is 0 Å². The molecule has 0 spiro atoms. The molecule has 0 heterocycles. The molecule has 0 aliphatic heterocycles. The van der Waals surface area contributed by atoms with Crippen LogP contribution in [0.2, 0.25) is 0 Å². The van der Waals surface area contributed by atoms with Crippen LogP contribution in [0.25, 0.3) is 0 Å². The first kappa shape index (κ1) is 17.9. The fourth-order valence-corrected chi connectivity index (χ4v) is 0.654. The van der Waals surface area contributed by atoms with E-state index in [1.54, 1.807) is 12.1 Å². The van der Waals surface area contributed by atoms with Gasteiger partial charge in [0.05, 0.1) is 0 Å². The van der Waals surface area contributed by atoms with Gasteiger partial charge in [-0.05, 0) is 12.1 Å². The molecule has 0 radical (unpaired) electrons. The number of carbonyl (C=O) groups is 1. The molecule has 0 fully saturated rings. The van der Waals surface area contributed by atoms with Gasteiger partial charge in [0, 0.05) is 0 Å². The predicted octanol–water partition coefficient (Wildman–Crippen LogP) is -3.89. The van der Waals surface area contributed by atoms with Crippen LogP contribution in [0.3, 0.4) is 0 Å². The molecule has 9 heteroatoms. The average molecular weight is 278 g/mol. The van der Waals surface area contributed by atoms with Crippen molar-refractivity contribution in [1.82, 2.24) is 0 Å². The van der Waals surface area contributed by atoms with E-state index in [0.717, 1.165) is 0 Å². The van der Waals surface area contributed by atoms with E-state index in [0.29, 0.717) is 0 Å². The summed E-state index contributed by atoms with van der Waals surface area (Å²) >= 11 is -5.50. The summed E-state index contributed by atoms with van der Waals surface area (Å²) < 4.78 is 33.1. The zero-order valence-electron chi connectivity index (χ0n) is 8.19. The Balaban J connectivity index is 0. The van der Waals surface area contributed by atoms with Crippen molar-refractivity contribution >= 4 is 5.97 Å². The van der Waals surface area contributed by atoms with Crippen LogP contribution in [-0.4, -0.2) is 20.3 Å². The van der Waals surface area contributed by atoms with Crippen molar-refractivity contribution in [3.8, 4) is 5.75 Å². The molecule has 1 rings (SSSR count). The van der Waals surface area contributed by atoms with Gasteiger partial charge in [-0.1, -0.05) is 12.1 Å². The summed E-state index contributed by atoms with van der Waals surface area (Å²) in [5.41, 5.74) is -0.0671. The van der Waals surface area contributed by atoms with Gasteiger partial charge < -0.3 is 10.2 Å². The van der Waals surface area contributed by atoms with Crippen molar-refractivity contribution in [2.45, 2.75) is 0 Å². The SMILES string of the molecule is O=C(O)c1ccccc1O.[Na+].[O]=[Cr](=[O])([O-])[OH]. The quantitative estimate of drug-likeness (QED) is 0.447. The second kappa shape index (κ2) is 7.76. The summed E-state index contributed by atoms with van der Waals surface area (Å²) in [5.74, 6) is -1.31. The van der Waals surface area contributed by atoms with E-state index in [2.05, 4.69) is 0 Å². The van der Waals surface area contributed by atoms with Gasteiger partial charge in [-0.3, -0.25) is 0 Å². The Kier molecular flexibility index (Phi) is 8.69. The summed E-state index contributed by atoms with van der Waals surface area (Å²) in [6.45, 7) is 0. The monoisotopic (exact) mass is 278 g/mol. The maximum absolute atomic E-state index is 10.3. The fourth-order valence-electron chi connectivity index (χ4n) is 0.654. The van der Waals surface area contributed by atoms with Gasteiger partial charge in [-0.2, -0.15) is 0 Å². The third kappa shape index (κ3) is 10.1. The van der Waals surface area contributed by atoms with E-state index in [4.69, 9.17) is 26.1 Å². The van der Waals surface area contributed by atoms with Crippen LogP contribution < -0.4 is 33.7 Å². The van der Waals surface area contributed by atoms with Crippen molar-refractivity contribution in [3.63, 3.8) is 0 Å². The van der Waals surface area contributed by atoms with Gasteiger partial charge in [0.25, 0.3) is 0 Å². The van der Waals surface area contributed by atoms with Crippen LogP contribution >= 0.6 is 0 Å². The number of carboxylic acid groups (broad SMARTS) is 1. The van der Waals surface area contributed by atoms with Gasteiger partial charge in [0.1, 0.15) is 11.3 Å². The summed E-state index contributed by atoms with van der Waals surface area (Å²) in [5, 5.41) is 17.3. The van der Waals surface area contributed by atoms with Crippen LogP contribution in [0.15, 0.2) is 24.3 Å². The predicted molar refractivity (Wildman–Crippen MR) is 38.7 cm³/mol.